The molecule has 3 unspecified atom stereocenters. The maximum Gasteiger partial charge on any atom is 0.0661 e. The van der Waals surface area contributed by atoms with E-state index in [1.54, 1.807) is 0 Å². The summed E-state index contributed by atoms with van der Waals surface area (Å²) >= 11 is 0. The van der Waals surface area contributed by atoms with Crippen molar-refractivity contribution in [1.29, 1.82) is 0 Å². The highest BCUT2D eigenvalue weighted by Gasteiger charge is 2.55. The minimum atomic E-state index is 0.482. The Morgan fingerprint density at radius 2 is 1.94 bits per heavy atom. The molecule has 2 saturated carbocycles. The Bertz CT molecular complexity index is 247. The largest absolute Gasteiger partial charge is 0.378 e. The lowest BCUT2D eigenvalue weighted by Crippen LogP contribution is -2.65. The van der Waals surface area contributed by atoms with E-state index in [2.05, 4.69) is 26.1 Å². The fourth-order valence-corrected chi connectivity index (χ4v) is 4.16. The van der Waals surface area contributed by atoms with Crippen molar-refractivity contribution in [3.8, 4) is 0 Å². The Labute approximate surface area is 113 Å². The van der Waals surface area contributed by atoms with Crippen LogP contribution in [-0.2, 0) is 4.74 Å². The second-order valence-electron chi connectivity index (χ2n) is 6.38. The molecule has 0 heterocycles. The minimum absolute atomic E-state index is 0.482. The van der Waals surface area contributed by atoms with Crippen molar-refractivity contribution < 1.29 is 4.74 Å². The second-order valence-corrected chi connectivity index (χ2v) is 6.38. The first-order valence-corrected chi connectivity index (χ1v) is 8.10. The van der Waals surface area contributed by atoms with Gasteiger partial charge < -0.3 is 10.1 Å². The van der Waals surface area contributed by atoms with Crippen LogP contribution in [0.2, 0.25) is 0 Å². The Hall–Kier alpha value is -0.0800. The van der Waals surface area contributed by atoms with Crippen LogP contribution in [0.15, 0.2) is 0 Å². The van der Waals surface area contributed by atoms with Crippen molar-refractivity contribution >= 4 is 0 Å². The van der Waals surface area contributed by atoms with E-state index in [1.165, 1.54) is 51.4 Å². The van der Waals surface area contributed by atoms with E-state index >= 15 is 0 Å². The third-order valence-corrected chi connectivity index (χ3v) is 5.14. The number of nitrogens with one attached hydrogen (secondary N) is 1. The van der Waals surface area contributed by atoms with Crippen LogP contribution in [0.3, 0.4) is 0 Å². The third-order valence-electron chi connectivity index (χ3n) is 5.14. The van der Waals surface area contributed by atoms with Gasteiger partial charge in [-0.25, -0.2) is 0 Å². The fraction of sp³-hybridized carbons (Fsp3) is 1.00. The van der Waals surface area contributed by atoms with Gasteiger partial charge in [0, 0.05) is 24.1 Å². The second kappa shape index (κ2) is 6.38. The zero-order chi connectivity index (χ0) is 13.0. The molecule has 2 nitrogen and oxygen atoms in total. The lowest BCUT2D eigenvalue weighted by molar-refractivity contribution is -0.151. The van der Waals surface area contributed by atoms with Crippen LogP contribution in [0.25, 0.3) is 0 Å². The van der Waals surface area contributed by atoms with Gasteiger partial charge in [0.1, 0.15) is 0 Å². The predicted molar refractivity (Wildman–Crippen MR) is 76.8 cm³/mol. The molecule has 0 amide bonds. The first kappa shape index (κ1) is 14.3. The van der Waals surface area contributed by atoms with E-state index in [1.807, 2.05) is 0 Å². The lowest BCUT2D eigenvalue weighted by Gasteiger charge is -2.58. The fourth-order valence-electron chi connectivity index (χ4n) is 4.16. The first-order chi connectivity index (χ1) is 8.73. The van der Waals surface area contributed by atoms with Crippen LogP contribution in [-0.4, -0.2) is 24.8 Å². The van der Waals surface area contributed by atoms with E-state index < -0.39 is 0 Å². The molecule has 2 aliphatic rings. The van der Waals surface area contributed by atoms with Crippen LogP contribution in [0.5, 0.6) is 0 Å². The highest BCUT2D eigenvalue weighted by molar-refractivity contribution is 5.09. The maximum atomic E-state index is 6.00. The molecule has 0 aromatic rings. The summed E-state index contributed by atoms with van der Waals surface area (Å²) in [7, 11) is 0. The molecule has 0 aliphatic heterocycles. The summed E-state index contributed by atoms with van der Waals surface area (Å²) in [6, 6.07) is 1.39. The van der Waals surface area contributed by atoms with Crippen molar-refractivity contribution in [2.75, 3.05) is 6.61 Å². The molecule has 2 heteroatoms. The molecule has 2 aliphatic carbocycles. The number of rotatable bonds is 6. The van der Waals surface area contributed by atoms with Crippen molar-refractivity contribution in [3.63, 3.8) is 0 Å². The number of ether oxygens (including phenoxy) is 1. The van der Waals surface area contributed by atoms with Gasteiger partial charge in [0.2, 0.25) is 0 Å². The van der Waals surface area contributed by atoms with Crippen LogP contribution in [0.1, 0.15) is 72.1 Å². The molecule has 1 spiro atoms. The predicted octanol–water partition coefficient (Wildman–Crippen LogP) is 3.89. The quantitative estimate of drug-likeness (QED) is 0.775. The highest BCUT2D eigenvalue weighted by Crippen LogP contribution is 2.53. The normalized spacial score (nSPS) is 32.2. The van der Waals surface area contributed by atoms with Gasteiger partial charge >= 0.3 is 0 Å². The Balaban J connectivity index is 1.94. The molecule has 106 valence electrons. The van der Waals surface area contributed by atoms with E-state index in [4.69, 9.17) is 4.74 Å². The van der Waals surface area contributed by atoms with Gasteiger partial charge in [-0.3, -0.25) is 0 Å². The molecule has 1 N–H and O–H groups in total. The molecular weight excluding hydrogens is 222 g/mol. The monoisotopic (exact) mass is 253 g/mol. The Morgan fingerprint density at radius 1 is 1.22 bits per heavy atom. The first-order valence-electron chi connectivity index (χ1n) is 8.10. The molecule has 0 radical (unpaired) electrons. The SMILES string of the molecule is CCCC(C)NC1CC(OCC)C12CCCCC2. The van der Waals surface area contributed by atoms with Crippen LogP contribution < -0.4 is 5.32 Å². The van der Waals surface area contributed by atoms with Gasteiger partial charge in [-0.1, -0.05) is 32.6 Å². The lowest BCUT2D eigenvalue weighted by atomic mass is 9.55. The Kier molecular flexibility index (Phi) is 5.08. The van der Waals surface area contributed by atoms with E-state index in [9.17, 15) is 0 Å². The molecule has 0 aromatic carbocycles. The van der Waals surface area contributed by atoms with E-state index in [-0.39, 0.29) is 0 Å². The zero-order valence-corrected chi connectivity index (χ0v) is 12.5. The summed E-state index contributed by atoms with van der Waals surface area (Å²) < 4.78 is 6.00. The summed E-state index contributed by atoms with van der Waals surface area (Å²) in [6.45, 7) is 7.63. The van der Waals surface area contributed by atoms with Crippen molar-refractivity contribution in [2.45, 2.75) is 90.3 Å². The van der Waals surface area contributed by atoms with Crippen LogP contribution in [0.4, 0.5) is 0 Å². The van der Waals surface area contributed by atoms with Gasteiger partial charge in [0.15, 0.2) is 0 Å². The maximum absolute atomic E-state index is 6.00. The molecule has 0 bridgehead atoms. The molecule has 0 aromatic heterocycles. The molecule has 0 saturated heterocycles. The van der Waals surface area contributed by atoms with Crippen molar-refractivity contribution in [2.24, 2.45) is 5.41 Å². The minimum Gasteiger partial charge on any atom is -0.378 e. The van der Waals surface area contributed by atoms with Crippen LogP contribution in [0, 0.1) is 5.41 Å². The van der Waals surface area contributed by atoms with E-state index in [0.29, 0.717) is 17.6 Å². The third kappa shape index (κ3) is 2.75. The summed E-state index contributed by atoms with van der Waals surface area (Å²) in [5.41, 5.74) is 0.482. The molecule has 2 rings (SSSR count). The molecule has 3 atom stereocenters. The van der Waals surface area contributed by atoms with Gasteiger partial charge in [0.25, 0.3) is 0 Å². The average molecular weight is 253 g/mol. The molecular formula is C16H31NO. The van der Waals surface area contributed by atoms with Gasteiger partial charge in [-0.05, 0) is 39.5 Å². The smallest absolute Gasteiger partial charge is 0.0661 e. The summed E-state index contributed by atoms with van der Waals surface area (Å²) in [5.74, 6) is 0. The van der Waals surface area contributed by atoms with Crippen LogP contribution >= 0.6 is 0 Å². The number of hydrogen-bond donors (Lipinski definition) is 1. The standard InChI is InChI=1S/C16H31NO/c1-4-9-13(3)17-14-12-15(18-5-2)16(14)10-7-6-8-11-16/h13-15,17H,4-12H2,1-3H3. The Morgan fingerprint density at radius 3 is 2.56 bits per heavy atom. The summed E-state index contributed by atoms with van der Waals surface area (Å²) in [6.07, 6.45) is 11.4. The average Bonchev–Trinajstić information content (AvgIpc) is 2.39. The summed E-state index contributed by atoms with van der Waals surface area (Å²) in [4.78, 5) is 0. The molecule has 2 fully saturated rings. The molecule has 18 heavy (non-hydrogen) atoms. The van der Waals surface area contributed by atoms with Gasteiger partial charge in [-0.15, -0.1) is 0 Å². The van der Waals surface area contributed by atoms with Gasteiger partial charge in [0.05, 0.1) is 6.10 Å². The van der Waals surface area contributed by atoms with E-state index in [0.717, 1.165) is 12.6 Å². The topological polar surface area (TPSA) is 21.3 Å². The van der Waals surface area contributed by atoms with Crippen molar-refractivity contribution in [3.05, 3.63) is 0 Å². The van der Waals surface area contributed by atoms with Gasteiger partial charge in [-0.2, -0.15) is 0 Å². The zero-order valence-electron chi connectivity index (χ0n) is 12.5. The highest BCUT2D eigenvalue weighted by atomic mass is 16.5. The van der Waals surface area contributed by atoms with Crippen molar-refractivity contribution in [1.82, 2.24) is 5.32 Å². The number of hydrogen-bond acceptors (Lipinski definition) is 2. The summed E-state index contributed by atoms with van der Waals surface area (Å²) in [5, 5.41) is 3.89.